The predicted molar refractivity (Wildman–Crippen MR) is 64.4 cm³/mol. The summed E-state index contributed by atoms with van der Waals surface area (Å²) in [6, 6.07) is 6.61. The molecular weight excluding hydrogens is 174 g/mol. The smallest absolute Gasteiger partial charge is 0.0394 e. The largest absolute Gasteiger partial charge is 0.377 e. The van der Waals surface area contributed by atoms with Crippen LogP contribution in [0, 0.1) is 0 Å². The van der Waals surface area contributed by atoms with Gasteiger partial charge in [0, 0.05) is 30.0 Å². The number of anilines is 1. The molecule has 0 saturated heterocycles. The third-order valence-electron chi connectivity index (χ3n) is 2.36. The van der Waals surface area contributed by atoms with Gasteiger partial charge in [-0.05, 0) is 17.5 Å². The summed E-state index contributed by atoms with van der Waals surface area (Å²) in [5.41, 5.74) is 2.90. The zero-order valence-corrected chi connectivity index (χ0v) is 11.3. The number of rotatable bonds is 2. The molecule has 1 aromatic rings. The lowest BCUT2D eigenvalue weighted by Gasteiger charge is -2.21. The molecule has 0 radical (unpaired) electrons. The second-order valence-electron chi connectivity index (χ2n) is 4.06. The maximum absolute atomic E-state index is 2.27. The monoisotopic (exact) mass is 193 g/mol. The molecule has 13 heavy (non-hydrogen) atoms. The molecule has 0 aliphatic rings. The van der Waals surface area contributed by atoms with Crippen molar-refractivity contribution in [2.45, 2.75) is 19.8 Å². The quantitative estimate of drug-likeness (QED) is 0.630. The van der Waals surface area contributed by atoms with Gasteiger partial charge in [0.25, 0.3) is 0 Å². The molecule has 0 atom stereocenters. The molecule has 1 rings (SSSR count). The molecule has 1 aromatic carbocycles. The van der Waals surface area contributed by atoms with Gasteiger partial charge in [0.15, 0.2) is 0 Å². The molecule has 0 amide bonds. The first-order valence-electron chi connectivity index (χ1n) is 4.81. The fraction of sp³-hybridized carbons (Fsp3) is 0.455. The van der Waals surface area contributed by atoms with Crippen molar-refractivity contribution >= 4 is 21.1 Å². The van der Waals surface area contributed by atoms with Crippen LogP contribution < -0.4 is 10.1 Å². The highest BCUT2D eigenvalue weighted by Gasteiger charge is 2.09. The summed E-state index contributed by atoms with van der Waals surface area (Å²) < 4.78 is 0. The Morgan fingerprint density at radius 3 is 2.23 bits per heavy atom. The summed E-state index contributed by atoms with van der Waals surface area (Å²) in [6.45, 7) is 4.54. The first-order valence-corrected chi connectivity index (χ1v) is 5.81. The summed E-state index contributed by atoms with van der Waals surface area (Å²) in [7, 11) is 5.37. The molecular formula is C11H19NSi. The molecule has 0 bridgehead atoms. The van der Waals surface area contributed by atoms with Gasteiger partial charge in [-0.25, -0.2) is 0 Å². The van der Waals surface area contributed by atoms with E-state index in [1.54, 1.807) is 0 Å². The number of hydrogen-bond acceptors (Lipinski definition) is 1. The lowest BCUT2D eigenvalue weighted by Crippen LogP contribution is -2.19. The Balaban J connectivity index is 3.26. The second-order valence-corrected chi connectivity index (χ2v) is 5.13. The van der Waals surface area contributed by atoms with Gasteiger partial charge < -0.3 is 4.90 Å². The average Bonchev–Trinajstić information content (AvgIpc) is 2.02. The SMILES string of the molecule is CC(C)c1c([SiH3])cccc1N(C)C. The minimum Gasteiger partial charge on any atom is -0.377 e. The zero-order valence-electron chi connectivity index (χ0n) is 9.26. The molecule has 0 saturated carbocycles. The van der Waals surface area contributed by atoms with Crippen molar-refractivity contribution < 1.29 is 0 Å². The van der Waals surface area contributed by atoms with Gasteiger partial charge in [0.2, 0.25) is 0 Å². The Morgan fingerprint density at radius 1 is 1.23 bits per heavy atom. The average molecular weight is 193 g/mol. The summed E-state index contributed by atoms with van der Waals surface area (Å²) in [5.74, 6) is 0.631. The molecule has 1 nitrogen and oxygen atoms in total. The van der Waals surface area contributed by atoms with Crippen molar-refractivity contribution in [1.82, 2.24) is 0 Å². The third kappa shape index (κ3) is 2.13. The van der Waals surface area contributed by atoms with E-state index >= 15 is 0 Å². The fourth-order valence-electron chi connectivity index (χ4n) is 1.81. The molecule has 0 aromatic heterocycles. The normalized spacial score (nSPS) is 10.8. The van der Waals surface area contributed by atoms with Crippen LogP contribution in [0.15, 0.2) is 18.2 Å². The van der Waals surface area contributed by atoms with Gasteiger partial charge in [-0.2, -0.15) is 0 Å². The van der Waals surface area contributed by atoms with Crippen LogP contribution >= 0.6 is 0 Å². The van der Waals surface area contributed by atoms with Crippen molar-refractivity contribution in [2.75, 3.05) is 19.0 Å². The van der Waals surface area contributed by atoms with E-state index in [2.05, 4.69) is 51.0 Å². The van der Waals surface area contributed by atoms with Crippen LogP contribution in [0.25, 0.3) is 0 Å². The first-order chi connectivity index (χ1) is 6.04. The predicted octanol–water partition coefficient (Wildman–Crippen LogP) is 0.867. The Labute approximate surface area is 84.2 Å². The lowest BCUT2D eigenvalue weighted by molar-refractivity contribution is 0.865. The van der Waals surface area contributed by atoms with Crippen molar-refractivity contribution in [3.63, 3.8) is 0 Å². The molecule has 2 heteroatoms. The van der Waals surface area contributed by atoms with E-state index < -0.39 is 0 Å². The van der Waals surface area contributed by atoms with Gasteiger partial charge in [-0.15, -0.1) is 0 Å². The van der Waals surface area contributed by atoms with Crippen LogP contribution in [0.4, 0.5) is 5.69 Å². The molecule has 0 unspecified atom stereocenters. The third-order valence-corrected chi connectivity index (χ3v) is 3.23. The second kappa shape index (κ2) is 3.96. The van der Waals surface area contributed by atoms with Crippen molar-refractivity contribution in [3.05, 3.63) is 23.8 Å². The molecule has 72 valence electrons. The fourth-order valence-corrected chi connectivity index (χ4v) is 2.83. The number of nitrogens with zero attached hydrogens (tertiary/aromatic N) is 1. The van der Waals surface area contributed by atoms with Crippen LogP contribution in [0.5, 0.6) is 0 Å². The Hall–Kier alpha value is -0.763. The van der Waals surface area contributed by atoms with Gasteiger partial charge >= 0.3 is 0 Å². The van der Waals surface area contributed by atoms with Gasteiger partial charge in [0.05, 0.1) is 0 Å². The standard InChI is InChI=1S/C11H19NSi/c1-8(2)11-9(12(3)4)6-5-7-10(11)13/h5-8H,1-4,13H3. The molecule has 0 spiro atoms. The first kappa shape index (κ1) is 10.3. The highest BCUT2D eigenvalue weighted by atomic mass is 28.1. The van der Waals surface area contributed by atoms with Gasteiger partial charge in [-0.1, -0.05) is 31.2 Å². The van der Waals surface area contributed by atoms with Crippen LogP contribution in [-0.4, -0.2) is 24.3 Å². The van der Waals surface area contributed by atoms with Crippen LogP contribution in [0.3, 0.4) is 0 Å². The van der Waals surface area contributed by atoms with E-state index in [0.717, 1.165) is 10.2 Å². The molecule has 0 aliphatic carbocycles. The molecule has 0 aliphatic heterocycles. The Bertz CT molecular complexity index is 292. The zero-order chi connectivity index (χ0) is 10.0. The van der Waals surface area contributed by atoms with Crippen molar-refractivity contribution in [2.24, 2.45) is 0 Å². The summed E-state index contributed by atoms with van der Waals surface area (Å²) in [5, 5.41) is 1.53. The molecule has 0 N–H and O–H groups in total. The van der Waals surface area contributed by atoms with E-state index in [9.17, 15) is 0 Å². The number of hydrogen-bond donors (Lipinski definition) is 0. The summed E-state index contributed by atoms with van der Waals surface area (Å²) in [6.07, 6.45) is 0. The van der Waals surface area contributed by atoms with E-state index in [-0.39, 0.29) is 0 Å². The van der Waals surface area contributed by atoms with E-state index in [4.69, 9.17) is 0 Å². The minimum atomic E-state index is 0.631. The lowest BCUT2D eigenvalue weighted by atomic mass is 10.0. The highest BCUT2D eigenvalue weighted by molar-refractivity contribution is 6.33. The van der Waals surface area contributed by atoms with E-state index in [0.29, 0.717) is 5.92 Å². The van der Waals surface area contributed by atoms with E-state index in [1.165, 1.54) is 16.4 Å². The number of benzene rings is 1. The summed E-state index contributed by atoms with van der Waals surface area (Å²) in [4.78, 5) is 2.21. The van der Waals surface area contributed by atoms with Crippen LogP contribution in [-0.2, 0) is 0 Å². The highest BCUT2D eigenvalue weighted by Crippen LogP contribution is 2.23. The maximum atomic E-state index is 2.27. The van der Waals surface area contributed by atoms with Crippen LogP contribution in [0.2, 0.25) is 0 Å². The van der Waals surface area contributed by atoms with Gasteiger partial charge in [0.1, 0.15) is 0 Å². The molecule has 0 fully saturated rings. The molecule has 0 heterocycles. The maximum Gasteiger partial charge on any atom is 0.0394 e. The Kier molecular flexibility index (Phi) is 3.15. The van der Waals surface area contributed by atoms with Crippen molar-refractivity contribution in [1.29, 1.82) is 0 Å². The topological polar surface area (TPSA) is 3.24 Å². The van der Waals surface area contributed by atoms with Crippen molar-refractivity contribution in [3.8, 4) is 0 Å². The van der Waals surface area contributed by atoms with Crippen LogP contribution in [0.1, 0.15) is 25.3 Å². The van der Waals surface area contributed by atoms with E-state index in [1.807, 2.05) is 0 Å². The minimum absolute atomic E-state index is 0.631. The Morgan fingerprint density at radius 2 is 1.85 bits per heavy atom. The van der Waals surface area contributed by atoms with Gasteiger partial charge in [-0.3, -0.25) is 0 Å². The summed E-state index contributed by atoms with van der Waals surface area (Å²) >= 11 is 0.